The number of carbonyl (C=O) groups excluding carboxylic acids is 4. The van der Waals surface area contributed by atoms with Crippen molar-refractivity contribution in [2.24, 2.45) is 5.92 Å². The molecule has 0 fully saturated rings. The van der Waals surface area contributed by atoms with Gasteiger partial charge in [0.1, 0.15) is 12.4 Å². The number of carbonyl (C=O) groups is 4. The number of benzene rings is 2. The van der Waals surface area contributed by atoms with Crippen molar-refractivity contribution in [2.75, 3.05) is 13.7 Å². The molecule has 8 heteroatoms. The predicted molar refractivity (Wildman–Crippen MR) is 131 cm³/mol. The number of aldehydes is 1. The number of methoxy groups -OCH3 is 1. The fourth-order valence-corrected chi connectivity index (χ4v) is 4.36. The number of rotatable bonds is 12. The van der Waals surface area contributed by atoms with E-state index in [1.807, 2.05) is 30.3 Å². The lowest BCUT2D eigenvalue weighted by Gasteiger charge is -2.23. The summed E-state index contributed by atoms with van der Waals surface area (Å²) in [6, 6.07) is 18.3. The second-order valence-corrected chi connectivity index (χ2v) is 8.49. The first-order valence-corrected chi connectivity index (χ1v) is 11.6. The molecule has 1 aliphatic rings. The zero-order valence-electron chi connectivity index (χ0n) is 19.8. The van der Waals surface area contributed by atoms with Gasteiger partial charge in [0, 0.05) is 24.4 Å². The van der Waals surface area contributed by atoms with Crippen LogP contribution in [0.3, 0.4) is 0 Å². The number of pyridine rings is 1. The zero-order valence-corrected chi connectivity index (χ0v) is 19.8. The van der Waals surface area contributed by atoms with Gasteiger partial charge in [0.25, 0.3) is 18.3 Å². The molecule has 0 spiro atoms. The van der Waals surface area contributed by atoms with Crippen LogP contribution in [0.1, 0.15) is 39.1 Å². The fourth-order valence-electron chi connectivity index (χ4n) is 4.36. The third kappa shape index (κ3) is 5.33. The normalized spacial score (nSPS) is 14.2. The van der Waals surface area contributed by atoms with Crippen molar-refractivity contribution in [3.63, 3.8) is 0 Å². The summed E-state index contributed by atoms with van der Waals surface area (Å²) in [4.78, 5) is 53.6. The quantitative estimate of drug-likeness (QED) is 0.284. The Labute approximate surface area is 208 Å². The van der Waals surface area contributed by atoms with Crippen LogP contribution in [0.25, 0.3) is 11.1 Å². The maximum Gasteiger partial charge on any atom is 0.293 e. The molecule has 0 radical (unpaired) electrons. The van der Waals surface area contributed by atoms with E-state index in [4.69, 9.17) is 9.47 Å². The Morgan fingerprint density at radius 3 is 2.11 bits per heavy atom. The minimum atomic E-state index is -0.666. The SMILES string of the molecule is COc1ccc(-c2ccc(CC[C@@H](OC=O)[C@H](C=O)CCN3C(=O)c4ccccc4C3=O)cc2)cn1. The molecule has 0 saturated heterocycles. The van der Waals surface area contributed by atoms with E-state index in [0.29, 0.717) is 36.3 Å². The van der Waals surface area contributed by atoms with Crippen molar-refractivity contribution < 1.29 is 28.7 Å². The molecule has 0 aliphatic carbocycles. The van der Waals surface area contributed by atoms with E-state index in [9.17, 15) is 19.2 Å². The largest absolute Gasteiger partial charge is 0.481 e. The molecule has 3 aromatic rings. The van der Waals surface area contributed by atoms with Crippen molar-refractivity contribution in [2.45, 2.75) is 25.4 Å². The van der Waals surface area contributed by atoms with E-state index in [1.165, 1.54) is 0 Å². The third-order valence-electron chi connectivity index (χ3n) is 6.40. The maximum absolute atomic E-state index is 12.6. The number of nitrogens with zero attached hydrogens (tertiary/aromatic N) is 2. The Morgan fingerprint density at radius 2 is 1.56 bits per heavy atom. The molecule has 8 nitrogen and oxygen atoms in total. The number of imide groups is 1. The number of hydrogen-bond acceptors (Lipinski definition) is 7. The molecule has 2 atom stereocenters. The van der Waals surface area contributed by atoms with Gasteiger partial charge in [-0.1, -0.05) is 36.4 Å². The summed E-state index contributed by atoms with van der Waals surface area (Å²) in [5.41, 5.74) is 3.70. The van der Waals surface area contributed by atoms with Crippen molar-refractivity contribution in [1.29, 1.82) is 0 Å². The molecule has 1 aliphatic heterocycles. The number of hydrogen-bond donors (Lipinski definition) is 0. The smallest absolute Gasteiger partial charge is 0.293 e. The standard InChI is InChI=1S/C28H26N2O6/c1-35-26-13-11-21(16-29-26)20-9-6-19(7-10-20)8-12-25(36-18-32)22(17-31)14-15-30-27(33)23-4-2-3-5-24(23)28(30)34/h2-7,9-11,13,16-18,22,25H,8,12,14-15H2,1H3/t22-,25+/m0/s1. The first kappa shape index (κ1) is 24.8. The molecule has 184 valence electrons. The molecule has 2 amide bonds. The second kappa shape index (κ2) is 11.4. The van der Waals surface area contributed by atoms with Gasteiger partial charge in [0.2, 0.25) is 5.88 Å². The van der Waals surface area contributed by atoms with Gasteiger partial charge in [0.15, 0.2) is 0 Å². The number of aryl methyl sites for hydroxylation is 1. The zero-order chi connectivity index (χ0) is 25.5. The molecule has 1 aromatic heterocycles. The molecule has 0 saturated carbocycles. The molecule has 0 N–H and O–H groups in total. The van der Waals surface area contributed by atoms with Crippen LogP contribution >= 0.6 is 0 Å². The van der Waals surface area contributed by atoms with E-state index in [2.05, 4.69) is 4.98 Å². The van der Waals surface area contributed by atoms with E-state index in [0.717, 1.165) is 27.9 Å². The predicted octanol–water partition coefficient (Wildman–Crippen LogP) is 3.73. The van der Waals surface area contributed by atoms with Gasteiger partial charge >= 0.3 is 0 Å². The van der Waals surface area contributed by atoms with Gasteiger partial charge in [-0.15, -0.1) is 0 Å². The number of fused-ring (bicyclic) bond motifs is 1. The van der Waals surface area contributed by atoms with Crippen molar-refractivity contribution in [3.05, 3.63) is 83.6 Å². The van der Waals surface area contributed by atoms with Crippen molar-refractivity contribution in [3.8, 4) is 17.0 Å². The van der Waals surface area contributed by atoms with E-state index in [-0.39, 0.29) is 24.8 Å². The van der Waals surface area contributed by atoms with Crippen LogP contribution in [0.15, 0.2) is 66.9 Å². The van der Waals surface area contributed by atoms with E-state index < -0.39 is 12.0 Å². The van der Waals surface area contributed by atoms with Gasteiger partial charge in [-0.25, -0.2) is 4.98 Å². The van der Waals surface area contributed by atoms with Crippen LogP contribution in [0.4, 0.5) is 0 Å². The second-order valence-electron chi connectivity index (χ2n) is 8.49. The van der Waals surface area contributed by atoms with Crippen LogP contribution in [0, 0.1) is 5.92 Å². The highest BCUT2D eigenvalue weighted by molar-refractivity contribution is 6.21. The molecular formula is C28H26N2O6. The maximum atomic E-state index is 12.6. The summed E-state index contributed by atoms with van der Waals surface area (Å²) >= 11 is 0. The highest BCUT2D eigenvalue weighted by Crippen LogP contribution is 2.25. The van der Waals surface area contributed by atoms with Gasteiger partial charge in [-0.3, -0.25) is 19.3 Å². The highest BCUT2D eigenvalue weighted by Gasteiger charge is 2.35. The molecular weight excluding hydrogens is 460 g/mol. The fraction of sp³-hybridized carbons (Fsp3) is 0.250. The Hall–Kier alpha value is -4.33. The topological polar surface area (TPSA) is 103 Å². The number of amides is 2. The first-order chi connectivity index (χ1) is 17.5. The highest BCUT2D eigenvalue weighted by atomic mass is 16.5. The molecule has 2 heterocycles. The summed E-state index contributed by atoms with van der Waals surface area (Å²) < 4.78 is 10.3. The Kier molecular flexibility index (Phi) is 7.85. The lowest BCUT2D eigenvalue weighted by molar-refractivity contribution is -0.138. The van der Waals surface area contributed by atoms with Crippen LogP contribution in [-0.4, -0.2) is 54.2 Å². The Balaban J connectivity index is 1.36. The summed E-state index contributed by atoms with van der Waals surface area (Å²) in [6.45, 7) is 0.405. The summed E-state index contributed by atoms with van der Waals surface area (Å²) in [5.74, 6) is -0.853. The van der Waals surface area contributed by atoms with Crippen molar-refractivity contribution in [1.82, 2.24) is 9.88 Å². The summed E-state index contributed by atoms with van der Waals surface area (Å²) in [7, 11) is 1.57. The van der Waals surface area contributed by atoms with Crippen LogP contribution in [-0.2, 0) is 20.7 Å². The molecule has 4 rings (SSSR count). The monoisotopic (exact) mass is 486 g/mol. The lowest BCUT2D eigenvalue weighted by atomic mass is 9.93. The Morgan fingerprint density at radius 1 is 0.889 bits per heavy atom. The lowest BCUT2D eigenvalue weighted by Crippen LogP contribution is -2.35. The van der Waals surface area contributed by atoms with Crippen LogP contribution in [0.2, 0.25) is 0 Å². The van der Waals surface area contributed by atoms with Gasteiger partial charge in [-0.05, 0) is 48.6 Å². The average Bonchev–Trinajstić information content (AvgIpc) is 3.17. The molecule has 36 heavy (non-hydrogen) atoms. The summed E-state index contributed by atoms with van der Waals surface area (Å²) in [5, 5.41) is 0. The van der Waals surface area contributed by atoms with Crippen molar-refractivity contribution >= 4 is 24.6 Å². The van der Waals surface area contributed by atoms with Crippen LogP contribution in [0.5, 0.6) is 5.88 Å². The number of aromatic nitrogens is 1. The molecule has 0 bridgehead atoms. The Bertz CT molecular complexity index is 1200. The average molecular weight is 487 g/mol. The van der Waals surface area contributed by atoms with Gasteiger partial charge in [0.05, 0.1) is 24.2 Å². The van der Waals surface area contributed by atoms with Crippen LogP contribution < -0.4 is 4.74 Å². The molecule has 0 unspecified atom stereocenters. The minimum Gasteiger partial charge on any atom is -0.481 e. The minimum absolute atomic E-state index is 0.0685. The first-order valence-electron chi connectivity index (χ1n) is 11.6. The summed E-state index contributed by atoms with van der Waals surface area (Å²) in [6.07, 6.45) is 3.01. The third-order valence-corrected chi connectivity index (χ3v) is 6.40. The number of ether oxygens (including phenoxy) is 2. The molecule has 2 aromatic carbocycles. The van der Waals surface area contributed by atoms with E-state index in [1.54, 1.807) is 43.6 Å². The van der Waals surface area contributed by atoms with Gasteiger partial charge < -0.3 is 14.3 Å². The van der Waals surface area contributed by atoms with Gasteiger partial charge in [-0.2, -0.15) is 0 Å². The van der Waals surface area contributed by atoms with E-state index >= 15 is 0 Å².